The molecule has 28 heavy (non-hydrogen) atoms. The number of aromatic nitrogens is 2. The van der Waals surface area contributed by atoms with Gasteiger partial charge >= 0.3 is 5.69 Å². The summed E-state index contributed by atoms with van der Waals surface area (Å²) < 4.78 is 0.826. The first-order chi connectivity index (χ1) is 13.3. The molecule has 3 aromatic rings. The summed E-state index contributed by atoms with van der Waals surface area (Å²) in [6.07, 6.45) is 1.71. The van der Waals surface area contributed by atoms with Crippen LogP contribution in [0.3, 0.4) is 0 Å². The minimum absolute atomic E-state index is 0.168. The van der Waals surface area contributed by atoms with Gasteiger partial charge in [0, 0.05) is 17.0 Å². The van der Waals surface area contributed by atoms with Crippen LogP contribution >= 0.6 is 11.3 Å². The number of hydrogen-bond acceptors (Lipinski definition) is 6. The van der Waals surface area contributed by atoms with Gasteiger partial charge in [-0.3, -0.25) is 29.3 Å². The van der Waals surface area contributed by atoms with Gasteiger partial charge in [0.1, 0.15) is 11.4 Å². The second-order valence-corrected chi connectivity index (χ2v) is 7.47. The van der Waals surface area contributed by atoms with Crippen LogP contribution in [-0.2, 0) is 17.8 Å². The number of nitro groups is 1. The average molecular weight is 402 g/mol. The van der Waals surface area contributed by atoms with E-state index in [4.69, 9.17) is 0 Å². The standard InChI is InChI=1S/C18H18N4O5S/c1-3-4-12-8-13-16(28-12)20-18(25)21(17(13)24)9-15(23)19-14-7-11(22(26)27)6-5-10(14)2/h5-8H,3-4,9H2,1-2H3,(H,19,23)(H,20,25). The number of nitrogens with zero attached hydrogens (tertiary/aromatic N) is 2. The molecule has 0 atom stereocenters. The van der Waals surface area contributed by atoms with E-state index in [9.17, 15) is 24.5 Å². The van der Waals surface area contributed by atoms with Gasteiger partial charge in [-0.2, -0.15) is 0 Å². The van der Waals surface area contributed by atoms with Crippen molar-refractivity contribution in [2.45, 2.75) is 33.2 Å². The van der Waals surface area contributed by atoms with Crippen LogP contribution in [0.5, 0.6) is 0 Å². The van der Waals surface area contributed by atoms with Crippen molar-refractivity contribution in [3.8, 4) is 0 Å². The Balaban J connectivity index is 1.89. The molecule has 0 saturated carbocycles. The minimum Gasteiger partial charge on any atom is -0.324 e. The summed E-state index contributed by atoms with van der Waals surface area (Å²) in [7, 11) is 0. The number of aryl methyl sites for hydroxylation is 2. The fourth-order valence-corrected chi connectivity index (χ4v) is 3.94. The van der Waals surface area contributed by atoms with Crippen molar-refractivity contribution in [2.75, 3.05) is 5.32 Å². The number of carbonyl (C=O) groups excluding carboxylic acids is 1. The number of H-pyrrole nitrogens is 1. The lowest BCUT2D eigenvalue weighted by Gasteiger charge is -2.09. The van der Waals surface area contributed by atoms with Gasteiger partial charge in [0.25, 0.3) is 11.2 Å². The summed E-state index contributed by atoms with van der Waals surface area (Å²) in [4.78, 5) is 51.7. The molecular weight excluding hydrogens is 384 g/mol. The molecule has 0 aliphatic heterocycles. The smallest absolute Gasteiger partial charge is 0.324 e. The number of aromatic amines is 1. The third kappa shape index (κ3) is 3.86. The fourth-order valence-electron chi connectivity index (χ4n) is 2.80. The third-order valence-corrected chi connectivity index (χ3v) is 5.34. The summed E-state index contributed by atoms with van der Waals surface area (Å²) in [6.45, 7) is 3.21. The summed E-state index contributed by atoms with van der Waals surface area (Å²) in [6, 6.07) is 5.82. The molecule has 2 heterocycles. The summed E-state index contributed by atoms with van der Waals surface area (Å²) in [5, 5.41) is 13.8. The van der Waals surface area contributed by atoms with E-state index < -0.39 is 28.6 Å². The van der Waals surface area contributed by atoms with Crippen LogP contribution in [0.25, 0.3) is 10.2 Å². The maximum atomic E-state index is 12.6. The van der Waals surface area contributed by atoms with E-state index in [1.54, 1.807) is 13.0 Å². The van der Waals surface area contributed by atoms with E-state index in [1.807, 2.05) is 6.92 Å². The zero-order valence-electron chi connectivity index (χ0n) is 15.3. The zero-order valence-corrected chi connectivity index (χ0v) is 16.1. The Morgan fingerprint density at radius 1 is 1.32 bits per heavy atom. The number of benzene rings is 1. The van der Waals surface area contributed by atoms with Gasteiger partial charge < -0.3 is 5.32 Å². The number of nitro benzene ring substituents is 1. The Labute approximate surface area is 162 Å². The molecule has 1 amide bonds. The third-order valence-electron chi connectivity index (χ3n) is 4.23. The van der Waals surface area contributed by atoms with E-state index in [-0.39, 0.29) is 11.4 Å². The highest BCUT2D eigenvalue weighted by Crippen LogP contribution is 2.22. The van der Waals surface area contributed by atoms with Crippen LogP contribution in [0.1, 0.15) is 23.8 Å². The molecule has 0 bridgehead atoms. The Hall–Kier alpha value is -3.27. The molecule has 10 heteroatoms. The van der Waals surface area contributed by atoms with E-state index in [1.165, 1.54) is 29.5 Å². The monoisotopic (exact) mass is 402 g/mol. The van der Waals surface area contributed by atoms with Crippen molar-refractivity contribution in [3.63, 3.8) is 0 Å². The summed E-state index contributed by atoms with van der Waals surface area (Å²) in [5.74, 6) is -0.625. The molecule has 0 fully saturated rings. The highest BCUT2D eigenvalue weighted by molar-refractivity contribution is 7.18. The number of nitrogens with one attached hydrogen (secondary N) is 2. The molecule has 0 unspecified atom stereocenters. The van der Waals surface area contributed by atoms with Crippen molar-refractivity contribution in [1.82, 2.24) is 9.55 Å². The van der Waals surface area contributed by atoms with Crippen molar-refractivity contribution in [3.05, 3.63) is 65.7 Å². The average Bonchev–Trinajstić information content (AvgIpc) is 3.03. The summed E-state index contributed by atoms with van der Waals surface area (Å²) >= 11 is 1.35. The van der Waals surface area contributed by atoms with Gasteiger partial charge in [0.05, 0.1) is 16.0 Å². The predicted octanol–water partition coefficient (Wildman–Crippen LogP) is 2.56. The minimum atomic E-state index is -0.673. The van der Waals surface area contributed by atoms with Crippen LogP contribution in [0.2, 0.25) is 0 Å². The molecule has 0 aliphatic rings. The molecule has 146 valence electrons. The lowest BCUT2D eigenvalue weighted by atomic mass is 10.2. The van der Waals surface area contributed by atoms with Gasteiger partial charge in [-0.25, -0.2) is 4.79 Å². The van der Waals surface area contributed by atoms with Crippen LogP contribution in [-0.4, -0.2) is 20.4 Å². The number of fused-ring (bicyclic) bond motifs is 1. The molecule has 0 saturated heterocycles. The SMILES string of the molecule is CCCc1cc2c(=O)n(CC(=O)Nc3cc([N+](=O)[O-])ccc3C)c(=O)[nH]c2s1. The molecule has 9 nitrogen and oxygen atoms in total. The van der Waals surface area contributed by atoms with Crippen molar-refractivity contribution in [2.24, 2.45) is 0 Å². The molecule has 0 spiro atoms. The number of carbonyl (C=O) groups is 1. The zero-order chi connectivity index (χ0) is 20.4. The Kier molecular flexibility index (Phi) is 5.41. The molecule has 0 radical (unpaired) electrons. The van der Waals surface area contributed by atoms with Crippen LogP contribution < -0.4 is 16.6 Å². The van der Waals surface area contributed by atoms with E-state index in [2.05, 4.69) is 10.3 Å². The van der Waals surface area contributed by atoms with E-state index in [0.717, 1.165) is 22.3 Å². The number of amides is 1. The lowest BCUT2D eigenvalue weighted by molar-refractivity contribution is -0.384. The highest BCUT2D eigenvalue weighted by Gasteiger charge is 2.16. The van der Waals surface area contributed by atoms with Crippen LogP contribution in [0.15, 0.2) is 33.9 Å². The van der Waals surface area contributed by atoms with Crippen LogP contribution in [0.4, 0.5) is 11.4 Å². The second-order valence-electron chi connectivity index (χ2n) is 6.33. The number of non-ortho nitro benzene ring substituents is 1. The van der Waals surface area contributed by atoms with Crippen molar-refractivity contribution in [1.29, 1.82) is 0 Å². The van der Waals surface area contributed by atoms with E-state index >= 15 is 0 Å². The maximum Gasteiger partial charge on any atom is 0.329 e. The molecule has 0 aliphatic carbocycles. The number of thiophene rings is 1. The van der Waals surface area contributed by atoms with Gasteiger partial charge in [-0.05, 0) is 25.0 Å². The number of rotatable bonds is 6. The van der Waals surface area contributed by atoms with Crippen molar-refractivity contribution < 1.29 is 9.72 Å². The van der Waals surface area contributed by atoms with Gasteiger partial charge in [0.15, 0.2) is 0 Å². The topological polar surface area (TPSA) is 127 Å². The maximum absolute atomic E-state index is 12.6. The van der Waals surface area contributed by atoms with Gasteiger partial charge in [0.2, 0.25) is 5.91 Å². The quantitative estimate of drug-likeness (QED) is 0.484. The normalized spacial score (nSPS) is 10.9. The second kappa shape index (κ2) is 7.77. The molecule has 1 aromatic carbocycles. The first-order valence-electron chi connectivity index (χ1n) is 8.60. The van der Waals surface area contributed by atoms with Gasteiger partial charge in [-0.1, -0.05) is 19.4 Å². The first kappa shape index (κ1) is 19.5. The first-order valence-corrected chi connectivity index (χ1v) is 9.42. The molecule has 2 aromatic heterocycles. The Bertz CT molecular complexity index is 1190. The molecule has 3 rings (SSSR count). The highest BCUT2D eigenvalue weighted by atomic mass is 32.1. The fraction of sp³-hybridized carbons (Fsp3) is 0.278. The van der Waals surface area contributed by atoms with E-state index in [0.29, 0.717) is 15.8 Å². The Morgan fingerprint density at radius 2 is 2.07 bits per heavy atom. The van der Waals surface area contributed by atoms with Gasteiger partial charge in [-0.15, -0.1) is 11.3 Å². The number of hydrogen-bond donors (Lipinski definition) is 2. The van der Waals surface area contributed by atoms with Crippen molar-refractivity contribution >= 4 is 38.8 Å². The number of anilines is 1. The Morgan fingerprint density at radius 3 is 2.75 bits per heavy atom. The van der Waals surface area contributed by atoms with Crippen LogP contribution in [0, 0.1) is 17.0 Å². The largest absolute Gasteiger partial charge is 0.329 e. The summed E-state index contributed by atoms with van der Waals surface area (Å²) in [5.41, 5.74) is -0.501. The molecular formula is C18H18N4O5S. The predicted molar refractivity (Wildman–Crippen MR) is 107 cm³/mol. The molecule has 2 N–H and O–H groups in total. The lowest BCUT2D eigenvalue weighted by Crippen LogP contribution is -2.38.